The molecule has 42 heavy (non-hydrogen) atoms. The Hall–Kier alpha value is -5.28. The Labute approximate surface area is 238 Å². The normalized spacial score (nSPS) is 12.1. The number of phenols is 2. The Kier molecular flexibility index (Phi) is 7.99. The number of amides is 1. The number of carbonyl (C=O) groups is 3. The quantitative estimate of drug-likeness (QED) is 0.124. The number of rotatable bonds is 10. The molecule has 0 aliphatic heterocycles. The number of sulfonamides is 1. The summed E-state index contributed by atoms with van der Waals surface area (Å²) in [6, 6.07) is 9.18. The van der Waals surface area contributed by atoms with Gasteiger partial charge in [0.05, 0.1) is 34.3 Å². The number of primary sulfonamides is 1. The number of imidazole rings is 1. The molecule has 3 aromatic carbocycles. The average molecular weight is 596 g/mol. The maximum absolute atomic E-state index is 12.8. The van der Waals surface area contributed by atoms with Gasteiger partial charge in [0, 0.05) is 16.8 Å². The van der Waals surface area contributed by atoms with E-state index >= 15 is 0 Å². The topological polar surface area (TPSA) is 257 Å². The molecule has 1 unspecified atom stereocenters. The summed E-state index contributed by atoms with van der Waals surface area (Å²) < 4.78 is 24.0. The van der Waals surface area contributed by atoms with E-state index < -0.39 is 58.3 Å². The number of nitrogens with one attached hydrogen (secondary N) is 3. The predicted octanol–water partition coefficient (Wildman–Crippen LogP) is 1.93. The van der Waals surface area contributed by atoms with Crippen LogP contribution in [0.25, 0.3) is 33.5 Å². The lowest BCUT2D eigenvalue weighted by Gasteiger charge is -2.16. The fourth-order valence-electron chi connectivity index (χ4n) is 4.26. The summed E-state index contributed by atoms with van der Waals surface area (Å²) in [4.78, 5) is 42.4. The number of carbonyl (C=O) groups excluding carboxylic acids is 1. The van der Waals surface area contributed by atoms with Crippen molar-refractivity contribution in [1.82, 2.24) is 15.3 Å². The zero-order valence-corrected chi connectivity index (χ0v) is 22.7. The van der Waals surface area contributed by atoms with E-state index in [0.717, 1.165) is 18.2 Å². The second-order valence-electron chi connectivity index (χ2n) is 9.44. The molecule has 14 nitrogen and oxygen atoms in total. The molecule has 0 radical (unpaired) electrons. The molecule has 0 saturated carbocycles. The molecule has 0 aliphatic carbocycles. The molecule has 9 N–H and O–H groups in total. The first-order valence-corrected chi connectivity index (χ1v) is 13.7. The number of nitrogens with zero attached hydrogens (tertiary/aromatic N) is 1. The van der Waals surface area contributed by atoms with Crippen molar-refractivity contribution in [2.24, 2.45) is 5.14 Å². The van der Waals surface area contributed by atoms with Crippen LogP contribution in [0.1, 0.15) is 24.5 Å². The van der Waals surface area contributed by atoms with Crippen molar-refractivity contribution in [3.8, 4) is 34.0 Å². The van der Waals surface area contributed by atoms with Gasteiger partial charge in [-0.3, -0.25) is 9.59 Å². The molecule has 1 atom stereocenters. The summed E-state index contributed by atoms with van der Waals surface area (Å²) in [7, 11) is -4.21. The molecule has 15 heteroatoms. The number of aliphatic carboxylic acids is 2. The highest BCUT2D eigenvalue weighted by molar-refractivity contribution is 7.89. The van der Waals surface area contributed by atoms with Crippen LogP contribution in [-0.4, -0.2) is 68.4 Å². The van der Waals surface area contributed by atoms with Gasteiger partial charge in [-0.05, 0) is 60.5 Å². The van der Waals surface area contributed by atoms with Gasteiger partial charge in [0.2, 0.25) is 15.9 Å². The first-order valence-electron chi connectivity index (χ1n) is 12.2. The molecule has 0 fully saturated rings. The summed E-state index contributed by atoms with van der Waals surface area (Å²) in [5, 5.41) is 55.4. The molecule has 0 aliphatic rings. The van der Waals surface area contributed by atoms with Gasteiger partial charge in [-0.15, -0.1) is 0 Å². The number of H-pyrrole nitrogens is 1. The van der Waals surface area contributed by atoms with Crippen LogP contribution in [0.2, 0.25) is 0 Å². The number of phenolic OH excluding ortho intramolecular Hbond substituents is 2. The standard InChI is InChI=1S/C27H25N5O9S/c1-12(28)14-2-4-19-20(9-14)32-26(31-19)18-7-13(8-23(34)30-21(27(38)39)11-24(35)36)6-17(25(18)37)16-10-15(42(29,40)41)3-5-22(16)33/h2-7,9-10,21,28,33,37H,8,11H2,1H3,(H,30,34)(H,31,32)(H,35,36)(H,38,39)(H2,29,40,41). The second-order valence-corrected chi connectivity index (χ2v) is 11.0. The van der Waals surface area contributed by atoms with Crippen molar-refractivity contribution < 1.29 is 43.2 Å². The van der Waals surface area contributed by atoms with Gasteiger partial charge in [0.1, 0.15) is 23.4 Å². The molecular formula is C27H25N5O9S. The Morgan fingerprint density at radius 3 is 2.33 bits per heavy atom. The van der Waals surface area contributed by atoms with Crippen LogP contribution in [0.5, 0.6) is 11.5 Å². The number of aromatic amines is 1. The minimum atomic E-state index is -4.21. The largest absolute Gasteiger partial charge is 0.507 e. The SMILES string of the molecule is CC(=N)c1ccc2[nH]c(-c3cc(CC(=O)NC(CC(=O)O)C(=O)O)cc(-c4cc(S(N)(=O)=O)ccc4O)c3O)nc2c1. The highest BCUT2D eigenvalue weighted by Crippen LogP contribution is 2.42. The van der Waals surface area contributed by atoms with Gasteiger partial charge in [-0.25, -0.2) is 23.3 Å². The zero-order valence-electron chi connectivity index (χ0n) is 21.9. The minimum absolute atomic E-state index is 0.0420. The third-order valence-electron chi connectivity index (χ3n) is 6.30. The number of hydrogen-bond acceptors (Lipinski definition) is 9. The molecular weight excluding hydrogens is 570 g/mol. The van der Waals surface area contributed by atoms with Crippen LogP contribution < -0.4 is 10.5 Å². The fraction of sp³-hybridized carbons (Fsp3) is 0.148. The van der Waals surface area contributed by atoms with Crippen molar-refractivity contribution in [2.45, 2.75) is 30.7 Å². The lowest BCUT2D eigenvalue weighted by atomic mass is 9.95. The molecule has 218 valence electrons. The number of carboxylic acid groups (broad SMARTS) is 2. The lowest BCUT2D eigenvalue weighted by molar-refractivity contribution is -0.147. The predicted molar refractivity (Wildman–Crippen MR) is 150 cm³/mol. The molecule has 0 saturated heterocycles. The van der Waals surface area contributed by atoms with Gasteiger partial charge >= 0.3 is 11.9 Å². The molecule has 1 aromatic heterocycles. The van der Waals surface area contributed by atoms with Crippen molar-refractivity contribution in [1.29, 1.82) is 5.41 Å². The lowest BCUT2D eigenvalue weighted by Crippen LogP contribution is -2.42. The van der Waals surface area contributed by atoms with Gasteiger partial charge in [-0.1, -0.05) is 6.07 Å². The number of hydrogen-bond donors (Lipinski definition) is 8. The highest BCUT2D eigenvalue weighted by Gasteiger charge is 2.25. The zero-order chi connectivity index (χ0) is 30.9. The van der Waals surface area contributed by atoms with Crippen LogP contribution >= 0.6 is 0 Å². The van der Waals surface area contributed by atoms with Crippen LogP contribution in [0.15, 0.2) is 53.4 Å². The van der Waals surface area contributed by atoms with Gasteiger partial charge in [0.25, 0.3) is 0 Å². The Bertz CT molecular complexity index is 1880. The maximum atomic E-state index is 12.8. The van der Waals surface area contributed by atoms with E-state index in [1.807, 2.05) is 0 Å². The number of aromatic nitrogens is 2. The third kappa shape index (κ3) is 6.37. The van der Waals surface area contributed by atoms with Crippen LogP contribution in [-0.2, 0) is 30.8 Å². The van der Waals surface area contributed by atoms with Gasteiger partial charge in [-0.2, -0.15) is 0 Å². The molecule has 0 bridgehead atoms. The highest BCUT2D eigenvalue weighted by atomic mass is 32.2. The first kappa shape index (κ1) is 29.7. The summed E-state index contributed by atoms with van der Waals surface area (Å²) in [5.41, 5.74) is 1.88. The van der Waals surface area contributed by atoms with Crippen molar-refractivity contribution in [3.05, 3.63) is 59.7 Å². The minimum Gasteiger partial charge on any atom is -0.507 e. The number of fused-ring (bicyclic) bond motifs is 1. The van der Waals surface area contributed by atoms with Crippen molar-refractivity contribution >= 4 is 44.6 Å². The van der Waals surface area contributed by atoms with Crippen LogP contribution in [0.4, 0.5) is 0 Å². The van der Waals surface area contributed by atoms with E-state index in [2.05, 4.69) is 15.3 Å². The molecule has 0 spiro atoms. The van der Waals surface area contributed by atoms with E-state index in [4.69, 9.17) is 15.7 Å². The maximum Gasteiger partial charge on any atom is 0.326 e. The van der Waals surface area contributed by atoms with E-state index in [0.29, 0.717) is 22.3 Å². The summed E-state index contributed by atoms with van der Waals surface area (Å²) in [6.45, 7) is 1.61. The summed E-state index contributed by atoms with van der Waals surface area (Å²) >= 11 is 0. The van der Waals surface area contributed by atoms with Crippen molar-refractivity contribution in [2.75, 3.05) is 0 Å². The molecule has 4 rings (SSSR count). The molecule has 1 amide bonds. The third-order valence-corrected chi connectivity index (χ3v) is 7.22. The number of benzene rings is 3. The Morgan fingerprint density at radius 2 is 1.71 bits per heavy atom. The Morgan fingerprint density at radius 1 is 1.02 bits per heavy atom. The van der Waals surface area contributed by atoms with E-state index in [1.54, 1.807) is 25.1 Å². The Balaban J connectivity index is 1.87. The van der Waals surface area contributed by atoms with Crippen LogP contribution in [0.3, 0.4) is 0 Å². The smallest absolute Gasteiger partial charge is 0.326 e. The van der Waals surface area contributed by atoms with E-state index in [1.165, 1.54) is 12.1 Å². The average Bonchev–Trinajstić information content (AvgIpc) is 3.32. The fourth-order valence-corrected chi connectivity index (χ4v) is 4.80. The number of nitrogens with two attached hydrogens (primary N) is 1. The monoisotopic (exact) mass is 595 g/mol. The molecule has 4 aromatic rings. The van der Waals surface area contributed by atoms with E-state index in [-0.39, 0.29) is 33.0 Å². The number of aromatic hydroxyl groups is 2. The van der Waals surface area contributed by atoms with Crippen molar-refractivity contribution in [3.63, 3.8) is 0 Å². The van der Waals surface area contributed by atoms with Gasteiger partial charge < -0.3 is 36.1 Å². The molecule has 1 heterocycles. The number of carboxylic acids is 2. The van der Waals surface area contributed by atoms with Crippen LogP contribution in [0, 0.1) is 5.41 Å². The van der Waals surface area contributed by atoms with Gasteiger partial charge in [0.15, 0.2) is 0 Å². The summed E-state index contributed by atoms with van der Waals surface area (Å²) in [6.07, 6.45) is -1.35. The van der Waals surface area contributed by atoms with E-state index in [9.17, 15) is 38.1 Å². The first-order chi connectivity index (χ1) is 19.6. The summed E-state index contributed by atoms with van der Waals surface area (Å²) in [5.74, 6) is -4.59. The second kappa shape index (κ2) is 11.3.